The fourth-order valence-corrected chi connectivity index (χ4v) is 1.78. The average molecular weight is 206 g/mol. The molecular formula is C9H11LiO3S. The second-order valence-corrected chi connectivity index (χ2v) is 4.10. The van der Waals surface area contributed by atoms with Gasteiger partial charge < -0.3 is 4.18 Å². The van der Waals surface area contributed by atoms with Gasteiger partial charge in [0, 0.05) is 0 Å². The molecule has 0 fully saturated rings. The Bertz CT molecular complexity index is 397. The molecule has 0 spiro atoms. The number of rotatable bonds is 3. The van der Waals surface area contributed by atoms with Crippen molar-refractivity contribution in [3.05, 3.63) is 42.7 Å². The van der Waals surface area contributed by atoms with E-state index in [-0.39, 0.29) is 29.5 Å². The van der Waals surface area contributed by atoms with Gasteiger partial charge in [-0.1, -0.05) is 24.8 Å². The van der Waals surface area contributed by atoms with E-state index in [0.29, 0.717) is 0 Å². The first-order chi connectivity index (χ1) is 6.02. The molecule has 0 aliphatic carbocycles. The molecule has 14 heavy (non-hydrogen) atoms. The van der Waals surface area contributed by atoms with Crippen LogP contribution < -0.4 is 0 Å². The van der Waals surface area contributed by atoms with Crippen molar-refractivity contribution in [1.82, 2.24) is 0 Å². The topological polar surface area (TPSA) is 43.4 Å². The number of allylic oxidation sites excluding steroid dienone is 1. The van der Waals surface area contributed by atoms with Crippen LogP contribution in [0, 0.1) is 0 Å². The molecule has 0 bridgehead atoms. The minimum atomic E-state index is -3.66. The molecule has 0 aliphatic heterocycles. The molecule has 0 unspecified atom stereocenters. The Kier molecular flexibility index (Phi) is 4.99. The van der Waals surface area contributed by atoms with E-state index in [9.17, 15) is 8.42 Å². The van der Waals surface area contributed by atoms with Crippen molar-refractivity contribution in [3.63, 3.8) is 0 Å². The number of hydrogen-bond acceptors (Lipinski definition) is 3. The van der Waals surface area contributed by atoms with Crippen LogP contribution in [0.15, 0.2) is 47.6 Å². The first-order valence-electron chi connectivity index (χ1n) is 3.67. The molecule has 1 aromatic carbocycles. The van der Waals surface area contributed by atoms with Crippen LogP contribution in [0.5, 0.6) is 0 Å². The van der Waals surface area contributed by atoms with Gasteiger partial charge in [-0.25, -0.2) is 0 Å². The van der Waals surface area contributed by atoms with Gasteiger partial charge in [0.05, 0.1) is 0 Å². The van der Waals surface area contributed by atoms with Gasteiger partial charge in [0.2, 0.25) is 0 Å². The molecule has 0 aliphatic rings. The van der Waals surface area contributed by atoms with Crippen LogP contribution in [0.25, 0.3) is 0 Å². The fraction of sp³-hybridized carbons (Fsp3) is 0.111. The maximum atomic E-state index is 11.4. The Hall–Kier alpha value is -0.693. The van der Waals surface area contributed by atoms with Crippen LogP contribution in [0.1, 0.15) is 6.92 Å². The van der Waals surface area contributed by atoms with Crippen molar-refractivity contribution in [2.24, 2.45) is 0 Å². The summed E-state index contributed by atoms with van der Waals surface area (Å²) in [4.78, 5) is 0.137. The van der Waals surface area contributed by atoms with Crippen molar-refractivity contribution in [2.45, 2.75) is 11.8 Å². The predicted molar refractivity (Wildman–Crippen MR) is 56.7 cm³/mol. The zero-order valence-corrected chi connectivity index (χ0v) is 8.04. The zero-order valence-electron chi connectivity index (χ0n) is 7.23. The normalized spacial score (nSPS) is 10.1. The molecule has 0 amide bonds. The molecule has 0 N–H and O–H groups in total. The number of benzene rings is 1. The van der Waals surface area contributed by atoms with E-state index in [0.717, 1.165) is 0 Å². The Labute approximate surface area is 96.1 Å². The van der Waals surface area contributed by atoms with E-state index in [4.69, 9.17) is 0 Å². The molecule has 1 aromatic rings. The quantitative estimate of drug-likeness (QED) is 0.425. The Morgan fingerprint density at radius 1 is 1.29 bits per heavy atom. The first kappa shape index (κ1) is 13.3. The third-order valence-electron chi connectivity index (χ3n) is 1.28. The van der Waals surface area contributed by atoms with Crippen molar-refractivity contribution in [3.8, 4) is 0 Å². The van der Waals surface area contributed by atoms with Crippen molar-refractivity contribution >= 4 is 29.0 Å². The van der Waals surface area contributed by atoms with Gasteiger partial charge in [-0.3, -0.25) is 0 Å². The molecule has 1 rings (SSSR count). The summed E-state index contributed by atoms with van der Waals surface area (Å²) in [6.45, 7) is 4.85. The molecule has 0 saturated carbocycles. The summed E-state index contributed by atoms with van der Waals surface area (Å²) in [6.07, 6.45) is 0. The van der Waals surface area contributed by atoms with Crippen molar-refractivity contribution < 1.29 is 12.6 Å². The van der Waals surface area contributed by atoms with E-state index in [1.165, 1.54) is 19.1 Å². The SMILES string of the molecule is C=C(C)OS(=O)(=O)c1ccccc1.[LiH]. The predicted octanol–water partition coefficient (Wildman–Crippen LogP) is 1.28. The van der Waals surface area contributed by atoms with Crippen LogP contribution in [-0.4, -0.2) is 27.3 Å². The van der Waals surface area contributed by atoms with Crippen LogP contribution in [0.2, 0.25) is 0 Å². The molecule has 0 aromatic heterocycles. The van der Waals surface area contributed by atoms with E-state index in [1.54, 1.807) is 18.2 Å². The first-order valence-corrected chi connectivity index (χ1v) is 5.08. The van der Waals surface area contributed by atoms with Crippen LogP contribution in [-0.2, 0) is 14.3 Å². The molecule has 0 atom stereocenters. The zero-order chi connectivity index (χ0) is 9.90. The van der Waals surface area contributed by atoms with Gasteiger partial charge in [-0.05, 0) is 19.1 Å². The van der Waals surface area contributed by atoms with E-state index < -0.39 is 10.1 Å². The summed E-state index contributed by atoms with van der Waals surface area (Å²) in [7, 11) is -3.66. The molecule has 0 radical (unpaired) electrons. The van der Waals surface area contributed by atoms with Gasteiger partial charge in [0.1, 0.15) is 10.7 Å². The monoisotopic (exact) mass is 206 g/mol. The van der Waals surface area contributed by atoms with Gasteiger partial charge in [0.15, 0.2) is 0 Å². The van der Waals surface area contributed by atoms with Crippen molar-refractivity contribution in [1.29, 1.82) is 0 Å². The molecule has 3 nitrogen and oxygen atoms in total. The molecule has 0 saturated heterocycles. The van der Waals surface area contributed by atoms with Gasteiger partial charge in [-0.2, -0.15) is 8.42 Å². The minimum absolute atomic E-state index is 0. The van der Waals surface area contributed by atoms with E-state index in [2.05, 4.69) is 10.8 Å². The van der Waals surface area contributed by atoms with Crippen LogP contribution in [0.3, 0.4) is 0 Å². The number of hydrogen-bond donors (Lipinski definition) is 0. The van der Waals surface area contributed by atoms with Gasteiger partial charge in [0.25, 0.3) is 0 Å². The second-order valence-electron chi connectivity index (χ2n) is 2.55. The summed E-state index contributed by atoms with van der Waals surface area (Å²) < 4.78 is 27.3. The standard InChI is InChI=1S/C9H10O3S.Li.H/c1-8(2)12-13(10,11)9-6-4-3-5-7-9;;/h3-7H,1H2,2H3;;. The van der Waals surface area contributed by atoms with Crippen molar-refractivity contribution in [2.75, 3.05) is 0 Å². The Morgan fingerprint density at radius 3 is 2.21 bits per heavy atom. The Balaban J connectivity index is 0.00000169. The van der Waals surface area contributed by atoms with Crippen LogP contribution >= 0.6 is 0 Å². The summed E-state index contributed by atoms with van der Waals surface area (Å²) in [5.41, 5.74) is 0. The molecular weight excluding hydrogens is 195 g/mol. The van der Waals surface area contributed by atoms with Gasteiger partial charge in [-0.15, -0.1) is 0 Å². The van der Waals surface area contributed by atoms with Crippen LogP contribution in [0.4, 0.5) is 0 Å². The van der Waals surface area contributed by atoms with E-state index in [1.807, 2.05) is 0 Å². The summed E-state index contributed by atoms with van der Waals surface area (Å²) in [6, 6.07) is 7.94. The average Bonchev–Trinajstić information content (AvgIpc) is 2.04. The molecule has 5 heteroatoms. The summed E-state index contributed by atoms with van der Waals surface area (Å²) >= 11 is 0. The molecule has 72 valence electrons. The maximum absolute atomic E-state index is 11.4. The van der Waals surface area contributed by atoms with Gasteiger partial charge >= 0.3 is 29.0 Å². The van der Waals surface area contributed by atoms with E-state index >= 15 is 0 Å². The summed E-state index contributed by atoms with van der Waals surface area (Å²) in [5.74, 6) is 0.156. The summed E-state index contributed by atoms with van der Waals surface area (Å²) in [5, 5.41) is 0. The third kappa shape index (κ3) is 3.58. The Morgan fingerprint density at radius 2 is 1.79 bits per heavy atom. The third-order valence-corrected chi connectivity index (χ3v) is 2.64. The fourth-order valence-electron chi connectivity index (χ4n) is 0.823. The second kappa shape index (κ2) is 5.25. The molecule has 0 heterocycles.